The van der Waals surface area contributed by atoms with E-state index in [4.69, 9.17) is 0 Å². The molecule has 0 atom stereocenters. The number of hydrogen-bond donors (Lipinski definition) is 0. The second kappa shape index (κ2) is 7.36. The number of hydrogen-bond acceptors (Lipinski definition) is 1. The fourth-order valence-electron chi connectivity index (χ4n) is 2.12. The van der Waals surface area contributed by atoms with Crippen LogP contribution in [-0.4, -0.2) is 24.4 Å². The van der Waals surface area contributed by atoms with Gasteiger partial charge in [-0.25, -0.2) is 4.39 Å². The fraction of sp³-hybridized carbons (Fsp3) is 0.235. The Morgan fingerprint density at radius 1 is 1.19 bits per heavy atom. The highest BCUT2D eigenvalue weighted by Gasteiger charge is 2.13. The van der Waals surface area contributed by atoms with E-state index in [1.807, 2.05) is 18.2 Å². The lowest BCUT2D eigenvalue weighted by atomic mass is 10.1. The molecule has 4 heteroatoms. The molecule has 2 aromatic carbocycles. The van der Waals surface area contributed by atoms with Crippen molar-refractivity contribution in [3.63, 3.8) is 0 Å². The minimum atomic E-state index is -0.363. The molecule has 0 unspecified atom stereocenters. The lowest BCUT2D eigenvalue weighted by Crippen LogP contribution is -2.28. The normalized spacial score (nSPS) is 10.4. The van der Waals surface area contributed by atoms with Gasteiger partial charge in [-0.05, 0) is 52.5 Å². The highest BCUT2D eigenvalue weighted by molar-refractivity contribution is 9.10. The van der Waals surface area contributed by atoms with Gasteiger partial charge in [-0.3, -0.25) is 4.79 Å². The number of aryl methyl sites for hydroxylation is 1. The van der Waals surface area contributed by atoms with Gasteiger partial charge in [0, 0.05) is 19.2 Å². The Hall–Kier alpha value is -1.68. The van der Waals surface area contributed by atoms with E-state index in [1.165, 1.54) is 23.8 Å². The lowest BCUT2D eigenvalue weighted by Gasteiger charge is -2.17. The van der Waals surface area contributed by atoms with E-state index in [1.54, 1.807) is 11.9 Å². The SMILES string of the molecule is CN(CCCc1ccccc1)C(=O)c1ccc(F)c(Br)c1. The number of nitrogens with zero attached hydrogens (tertiary/aromatic N) is 1. The minimum Gasteiger partial charge on any atom is -0.342 e. The van der Waals surface area contributed by atoms with E-state index in [9.17, 15) is 9.18 Å². The summed E-state index contributed by atoms with van der Waals surface area (Å²) >= 11 is 3.10. The van der Waals surface area contributed by atoms with Crippen LogP contribution in [0.2, 0.25) is 0 Å². The molecule has 21 heavy (non-hydrogen) atoms. The maximum absolute atomic E-state index is 13.2. The van der Waals surface area contributed by atoms with Gasteiger partial charge in [0.1, 0.15) is 5.82 Å². The second-order valence-electron chi connectivity index (χ2n) is 4.94. The molecule has 0 heterocycles. The predicted octanol–water partition coefficient (Wildman–Crippen LogP) is 4.29. The topological polar surface area (TPSA) is 20.3 Å². The summed E-state index contributed by atoms with van der Waals surface area (Å²) in [5.41, 5.74) is 1.76. The molecule has 0 bridgehead atoms. The maximum Gasteiger partial charge on any atom is 0.253 e. The van der Waals surface area contributed by atoms with Crippen LogP contribution in [0.25, 0.3) is 0 Å². The molecule has 1 amide bonds. The van der Waals surface area contributed by atoms with Crippen molar-refractivity contribution in [2.24, 2.45) is 0 Å². The van der Waals surface area contributed by atoms with Crippen molar-refractivity contribution in [3.8, 4) is 0 Å². The molecule has 0 saturated carbocycles. The Balaban J connectivity index is 1.89. The van der Waals surface area contributed by atoms with E-state index in [0.717, 1.165) is 12.8 Å². The maximum atomic E-state index is 13.2. The summed E-state index contributed by atoms with van der Waals surface area (Å²) in [6, 6.07) is 14.5. The molecule has 2 rings (SSSR count). The average Bonchev–Trinajstić information content (AvgIpc) is 2.50. The predicted molar refractivity (Wildman–Crippen MR) is 85.8 cm³/mol. The van der Waals surface area contributed by atoms with Gasteiger partial charge < -0.3 is 4.90 Å². The van der Waals surface area contributed by atoms with Gasteiger partial charge in [-0.2, -0.15) is 0 Å². The largest absolute Gasteiger partial charge is 0.342 e. The van der Waals surface area contributed by atoms with Crippen molar-refractivity contribution in [1.82, 2.24) is 4.90 Å². The van der Waals surface area contributed by atoms with Crippen LogP contribution < -0.4 is 0 Å². The molecular formula is C17H17BrFNO. The number of halogens is 2. The number of benzene rings is 2. The quantitative estimate of drug-likeness (QED) is 0.788. The zero-order chi connectivity index (χ0) is 15.2. The molecule has 0 aliphatic heterocycles. The van der Waals surface area contributed by atoms with E-state index in [2.05, 4.69) is 28.1 Å². The van der Waals surface area contributed by atoms with Crippen LogP contribution in [0.1, 0.15) is 22.3 Å². The van der Waals surface area contributed by atoms with Crippen LogP contribution >= 0.6 is 15.9 Å². The summed E-state index contributed by atoms with van der Waals surface area (Å²) in [6.45, 7) is 0.669. The van der Waals surface area contributed by atoms with Gasteiger partial charge in [0.25, 0.3) is 5.91 Å². The van der Waals surface area contributed by atoms with Crippen molar-refractivity contribution in [1.29, 1.82) is 0 Å². The molecule has 2 nitrogen and oxygen atoms in total. The fourth-order valence-corrected chi connectivity index (χ4v) is 2.49. The first-order valence-electron chi connectivity index (χ1n) is 6.82. The Kier molecular flexibility index (Phi) is 5.51. The highest BCUT2D eigenvalue weighted by atomic mass is 79.9. The number of carbonyl (C=O) groups excluding carboxylic acids is 1. The highest BCUT2D eigenvalue weighted by Crippen LogP contribution is 2.18. The van der Waals surface area contributed by atoms with Gasteiger partial charge >= 0.3 is 0 Å². The van der Waals surface area contributed by atoms with Crippen molar-refractivity contribution < 1.29 is 9.18 Å². The van der Waals surface area contributed by atoms with Gasteiger partial charge in [0.2, 0.25) is 0 Å². The van der Waals surface area contributed by atoms with Crippen LogP contribution in [0.15, 0.2) is 53.0 Å². The van der Waals surface area contributed by atoms with E-state index in [-0.39, 0.29) is 11.7 Å². The summed E-state index contributed by atoms with van der Waals surface area (Å²) in [7, 11) is 1.77. The Labute approximate surface area is 132 Å². The molecule has 0 N–H and O–H groups in total. The molecular weight excluding hydrogens is 333 g/mol. The number of rotatable bonds is 5. The van der Waals surface area contributed by atoms with E-state index >= 15 is 0 Å². The number of amides is 1. The summed E-state index contributed by atoms with van der Waals surface area (Å²) in [5, 5.41) is 0. The molecule has 2 aromatic rings. The summed E-state index contributed by atoms with van der Waals surface area (Å²) in [5.74, 6) is -0.456. The first-order valence-corrected chi connectivity index (χ1v) is 7.61. The first-order chi connectivity index (χ1) is 10.1. The first kappa shape index (κ1) is 15.7. The van der Waals surface area contributed by atoms with Gasteiger partial charge in [0.05, 0.1) is 4.47 Å². The van der Waals surface area contributed by atoms with Crippen molar-refractivity contribution in [3.05, 3.63) is 69.9 Å². The smallest absolute Gasteiger partial charge is 0.253 e. The average molecular weight is 350 g/mol. The second-order valence-corrected chi connectivity index (χ2v) is 5.80. The van der Waals surface area contributed by atoms with Crippen LogP contribution in [0.4, 0.5) is 4.39 Å². The summed E-state index contributed by atoms with van der Waals surface area (Å²) in [4.78, 5) is 13.9. The van der Waals surface area contributed by atoms with Crippen molar-refractivity contribution in [2.45, 2.75) is 12.8 Å². The lowest BCUT2D eigenvalue weighted by molar-refractivity contribution is 0.0793. The summed E-state index contributed by atoms with van der Waals surface area (Å²) < 4.78 is 13.5. The molecule has 0 aromatic heterocycles. The molecule has 0 aliphatic rings. The van der Waals surface area contributed by atoms with E-state index in [0.29, 0.717) is 16.6 Å². The standard InChI is InChI=1S/C17H17BrFNO/c1-20(11-5-8-13-6-3-2-4-7-13)17(21)14-9-10-16(19)15(18)12-14/h2-4,6-7,9-10,12H,5,8,11H2,1H3. The monoisotopic (exact) mass is 349 g/mol. The minimum absolute atomic E-state index is 0.0937. The molecule has 0 spiro atoms. The Bertz CT molecular complexity index is 615. The molecule has 0 saturated heterocycles. The van der Waals surface area contributed by atoms with Crippen LogP contribution in [0.5, 0.6) is 0 Å². The zero-order valence-corrected chi connectivity index (χ0v) is 13.4. The third-order valence-corrected chi connectivity index (χ3v) is 3.92. The Morgan fingerprint density at radius 3 is 2.57 bits per heavy atom. The number of carbonyl (C=O) groups is 1. The van der Waals surface area contributed by atoms with Crippen LogP contribution in [0, 0.1) is 5.82 Å². The molecule has 110 valence electrons. The molecule has 0 aliphatic carbocycles. The van der Waals surface area contributed by atoms with E-state index < -0.39 is 0 Å². The van der Waals surface area contributed by atoms with Gasteiger partial charge in [0.15, 0.2) is 0 Å². The molecule has 0 radical (unpaired) electrons. The summed E-state index contributed by atoms with van der Waals surface area (Å²) in [6.07, 6.45) is 1.83. The van der Waals surface area contributed by atoms with Crippen molar-refractivity contribution >= 4 is 21.8 Å². The molecule has 0 fully saturated rings. The van der Waals surface area contributed by atoms with Crippen molar-refractivity contribution in [2.75, 3.05) is 13.6 Å². The van der Waals surface area contributed by atoms with Gasteiger partial charge in [-0.1, -0.05) is 30.3 Å². The van der Waals surface area contributed by atoms with Crippen LogP contribution in [-0.2, 0) is 6.42 Å². The third-order valence-electron chi connectivity index (χ3n) is 3.32. The zero-order valence-electron chi connectivity index (χ0n) is 11.9. The Morgan fingerprint density at radius 2 is 1.90 bits per heavy atom. The van der Waals surface area contributed by atoms with Crippen LogP contribution in [0.3, 0.4) is 0 Å². The third kappa shape index (κ3) is 4.39. The van der Waals surface area contributed by atoms with Gasteiger partial charge in [-0.15, -0.1) is 0 Å².